The number of fused-ring (bicyclic) bond motifs is 2. The molecule has 9 nitrogen and oxygen atoms in total. The van der Waals surface area contributed by atoms with Gasteiger partial charge in [0.2, 0.25) is 0 Å². The summed E-state index contributed by atoms with van der Waals surface area (Å²) in [6.07, 6.45) is 5.73. The average Bonchev–Trinajstić information content (AvgIpc) is 3.19. The average molecular weight is 433 g/mol. The first-order valence-corrected chi connectivity index (χ1v) is 11.0. The summed E-state index contributed by atoms with van der Waals surface area (Å²) < 4.78 is 3.59. The molecule has 5 rings (SSSR count). The van der Waals surface area contributed by atoms with Gasteiger partial charge >= 0.3 is 0 Å². The highest BCUT2D eigenvalue weighted by atomic mass is 16.1. The summed E-state index contributed by atoms with van der Waals surface area (Å²) in [7, 11) is 0. The molecule has 0 aromatic carbocycles. The number of nitrogens with zero attached hydrogens (tertiary/aromatic N) is 7. The fraction of sp³-hybridized carbons (Fsp3) is 0.391. The Labute approximate surface area is 186 Å². The summed E-state index contributed by atoms with van der Waals surface area (Å²) in [5.41, 5.74) is 12.0. The van der Waals surface area contributed by atoms with E-state index in [0.717, 1.165) is 61.0 Å². The third-order valence-corrected chi connectivity index (χ3v) is 6.10. The topological polar surface area (TPSA) is 97.1 Å². The van der Waals surface area contributed by atoms with E-state index in [1.807, 2.05) is 43.8 Å². The number of aryl methyl sites for hydroxylation is 3. The van der Waals surface area contributed by atoms with E-state index in [0.29, 0.717) is 23.6 Å². The van der Waals surface area contributed by atoms with Crippen LogP contribution in [-0.4, -0.2) is 67.9 Å². The highest BCUT2D eigenvalue weighted by Gasteiger charge is 2.19. The zero-order valence-electron chi connectivity index (χ0n) is 18.7. The second-order valence-corrected chi connectivity index (χ2v) is 8.50. The van der Waals surface area contributed by atoms with Crippen LogP contribution in [0.15, 0.2) is 35.5 Å². The number of hydrogen-bond donors (Lipinski definition) is 1. The Balaban J connectivity index is 1.52. The molecule has 0 unspecified atom stereocenters. The van der Waals surface area contributed by atoms with Gasteiger partial charge in [-0.15, -0.1) is 0 Å². The van der Waals surface area contributed by atoms with Gasteiger partial charge in [0.05, 0.1) is 22.8 Å². The quantitative estimate of drug-likeness (QED) is 0.521. The van der Waals surface area contributed by atoms with Gasteiger partial charge in [-0.3, -0.25) is 19.1 Å². The molecule has 0 amide bonds. The number of nitrogens with two attached hydrogens (primary N) is 1. The second-order valence-electron chi connectivity index (χ2n) is 8.50. The lowest BCUT2D eigenvalue weighted by atomic mass is 10.2. The van der Waals surface area contributed by atoms with Gasteiger partial charge < -0.3 is 15.0 Å². The van der Waals surface area contributed by atoms with Crippen LogP contribution < -0.4 is 16.2 Å². The maximum absolute atomic E-state index is 13.1. The molecule has 32 heavy (non-hydrogen) atoms. The van der Waals surface area contributed by atoms with Crippen molar-refractivity contribution in [2.45, 2.75) is 20.8 Å². The molecule has 166 valence electrons. The van der Waals surface area contributed by atoms with Crippen molar-refractivity contribution in [2.75, 3.05) is 44.2 Å². The standard InChI is InChI=1S/C23H28N8O/c1-15-10-18(29-8-6-28(5-4-24)7-9-29)13-31-21(32)11-19(26-22(15)31)20-14-30-12-16(2)25-17(3)23(30)27-20/h10-14H,4-9,24H2,1-3H3. The minimum absolute atomic E-state index is 0.111. The summed E-state index contributed by atoms with van der Waals surface area (Å²) in [4.78, 5) is 31.7. The van der Waals surface area contributed by atoms with Crippen molar-refractivity contribution >= 4 is 17.0 Å². The maximum atomic E-state index is 13.1. The van der Waals surface area contributed by atoms with Crippen molar-refractivity contribution in [3.05, 3.63) is 58.0 Å². The largest absolute Gasteiger partial charge is 0.368 e. The molecule has 0 bridgehead atoms. The summed E-state index contributed by atoms with van der Waals surface area (Å²) >= 11 is 0. The van der Waals surface area contributed by atoms with Crippen LogP contribution in [0.3, 0.4) is 0 Å². The molecule has 5 heterocycles. The Kier molecular flexibility index (Phi) is 5.15. The lowest BCUT2D eigenvalue weighted by Crippen LogP contribution is -2.47. The van der Waals surface area contributed by atoms with Crippen LogP contribution in [0.4, 0.5) is 5.69 Å². The SMILES string of the molecule is Cc1cn2cc(-c3cc(=O)n4cc(N5CCN(CCN)CC5)cc(C)c4n3)nc2c(C)n1. The molecule has 9 heteroatoms. The first kappa shape index (κ1) is 20.6. The minimum atomic E-state index is -0.111. The van der Waals surface area contributed by atoms with E-state index in [2.05, 4.69) is 25.8 Å². The molecular weight excluding hydrogens is 404 g/mol. The van der Waals surface area contributed by atoms with Crippen LogP contribution >= 0.6 is 0 Å². The van der Waals surface area contributed by atoms with E-state index in [1.165, 1.54) is 0 Å². The van der Waals surface area contributed by atoms with Crippen molar-refractivity contribution in [3.8, 4) is 11.4 Å². The molecule has 1 aliphatic rings. The number of anilines is 1. The minimum Gasteiger partial charge on any atom is -0.368 e. The number of rotatable bonds is 4. The van der Waals surface area contributed by atoms with E-state index < -0.39 is 0 Å². The van der Waals surface area contributed by atoms with Crippen molar-refractivity contribution in [2.24, 2.45) is 5.73 Å². The molecule has 4 aromatic rings. The molecule has 0 saturated carbocycles. The molecule has 1 aliphatic heterocycles. The number of imidazole rings is 1. The zero-order chi connectivity index (χ0) is 22.4. The Morgan fingerprint density at radius 3 is 2.41 bits per heavy atom. The van der Waals surface area contributed by atoms with Gasteiger partial charge in [0, 0.05) is 63.9 Å². The zero-order valence-corrected chi connectivity index (χ0v) is 18.7. The molecule has 1 fully saturated rings. The lowest BCUT2D eigenvalue weighted by Gasteiger charge is -2.36. The van der Waals surface area contributed by atoms with Crippen molar-refractivity contribution in [1.29, 1.82) is 0 Å². The van der Waals surface area contributed by atoms with Gasteiger partial charge in [-0.05, 0) is 32.4 Å². The van der Waals surface area contributed by atoms with Crippen LogP contribution in [0, 0.1) is 20.8 Å². The smallest absolute Gasteiger partial charge is 0.258 e. The highest BCUT2D eigenvalue weighted by Crippen LogP contribution is 2.23. The Morgan fingerprint density at radius 1 is 0.906 bits per heavy atom. The molecule has 0 radical (unpaired) electrons. The summed E-state index contributed by atoms with van der Waals surface area (Å²) in [6.45, 7) is 11.3. The van der Waals surface area contributed by atoms with Crippen LogP contribution in [0.5, 0.6) is 0 Å². The van der Waals surface area contributed by atoms with Crippen LogP contribution in [0.1, 0.15) is 17.0 Å². The molecule has 2 N–H and O–H groups in total. The number of piperazine rings is 1. The Morgan fingerprint density at radius 2 is 1.66 bits per heavy atom. The second kappa shape index (κ2) is 7.99. The Bertz CT molecular complexity index is 1360. The van der Waals surface area contributed by atoms with E-state index >= 15 is 0 Å². The fourth-order valence-corrected chi connectivity index (χ4v) is 4.49. The van der Waals surface area contributed by atoms with Gasteiger partial charge in [0.15, 0.2) is 5.65 Å². The lowest BCUT2D eigenvalue weighted by molar-refractivity contribution is 0.265. The predicted molar refractivity (Wildman–Crippen MR) is 125 cm³/mol. The van der Waals surface area contributed by atoms with E-state index in [9.17, 15) is 4.79 Å². The molecular formula is C23H28N8O. The third-order valence-electron chi connectivity index (χ3n) is 6.10. The van der Waals surface area contributed by atoms with Crippen LogP contribution in [-0.2, 0) is 0 Å². The van der Waals surface area contributed by atoms with Crippen LogP contribution in [0.25, 0.3) is 22.7 Å². The van der Waals surface area contributed by atoms with Crippen LogP contribution in [0.2, 0.25) is 0 Å². The third kappa shape index (κ3) is 3.63. The first-order valence-electron chi connectivity index (χ1n) is 11.0. The van der Waals surface area contributed by atoms with Crippen molar-refractivity contribution in [3.63, 3.8) is 0 Å². The van der Waals surface area contributed by atoms with Gasteiger partial charge in [-0.2, -0.15) is 0 Å². The van der Waals surface area contributed by atoms with Gasteiger partial charge in [0.25, 0.3) is 5.56 Å². The van der Waals surface area contributed by atoms with E-state index in [1.54, 1.807) is 10.5 Å². The van der Waals surface area contributed by atoms with Crippen molar-refractivity contribution < 1.29 is 0 Å². The summed E-state index contributed by atoms with van der Waals surface area (Å²) in [5, 5.41) is 0. The van der Waals surface area contributed by atoms with Crippen molar-refractivity contribution in [1.82, 2.24) is 28.7 Å². The summed E-state index contributed by atoms with van der Waals surface area (Å²) in [5.74, 6) is 0. The highest BCUT2D eigenvalue weighted by molar-refractivity contribution is 5.65. The van der Waals surface area contributed by atoms with E-state index in [4.69, 9.17) is 10.7 Å². The van der Waals surface area contributed by atoms with E-state index in [-0.39, 0.29) is 5.56 Å². The molecule has 0 atom stereocenters. The summed E-state index contributed by atoms with van der Waals surface area (Å²) in [6, 6.07) is 3.68. The molecule has 0 aliphatic carbocycles. The van der Waals surface area contributed by atoms with Gasteiger partial charge in [0.1, 0.15) is 11.3 Å². The first-order chi connectivity index (χ1) is 15.4. The van der Waals surface area contributed by atoms with Gasteiger partial charge in [-0.25, -0.2) is 9.97 Å². The number of hydrogen-bond acceptors (Lipinski definition) is 7. The molecule has 0 spiro atoms. The number of aromatic nitrogens is 5. The Hall–Kier alpha value is -3.30. The monoisotopic (exact) mass is 432 g/mol. The number of pyridine rings is 1. The molecule has 4 aromatic heterocycles. The normalized spacial score (nSPS) is 15.2. The van der Waals surface area contributed by atoms with Gasteiger partial charge in [-0.1, -0.05) is 0 Å². The molecule has 1 saturated heterocycles. The maximum Gasteiger partial charge on any atom is 0.258 e. The predicted octanol–water partition coefficient (Wildman–Crippen LogP) is 1.41. The fourth-order valence-electron chi connectivity index (χ4n) is 4.49.